The standard InChI is InChI=1S/C8H7F6NO2/c1-5(7(9,10)11)3(16)15-4(17)6(5,2)8(12,13)14/h1-2H3,(H,15,16,17). The minimum Gasteiger partial charge on any atom is -0.295 e. The smallest absolute Gasteiger partial charge is 0.295 e. The van der Waals surface area contributed by atoms with Crippen LogP contribution in [0.25, 0.3) is 0 Å². The number of imide groups is 1. The molecular formula is C8H7F6NO2. The summed E-state index contributed by atoms with van der Waals surface area (Å²) < 4.78 is 76.1. The van der Waals surface area contributed by atoms with E-state index in [1.54, 1.807) is 0 Å². The first-order chi connectivity index (χ1) is 7.30. The van der Waals surface area contributed by atoms with Crippen LogP contribution in [-0.4, -0.2) is 24.2 Å². The summed E-state index contributed by atoms with van der Waals surface area (Å²) >= 11 is 0. The lowest BCUT2D eigenvalue weighted by molar-refractivity contribution is -0.301. The van der Waals surface area contributed by atoms with Crippen LogP contribution in [0, 0.1) is 10.8 Å². The second-order valence-electron chi connectivity index (χ2n) is 4.03. The van der Waals surface area contributed by atoms with Gasteiger partial charge in [0.1, 0.15) is 0 Å². The number of hydrogen-bond donors (Lipinski definition) is 1. The lowest BCUT2D eigenvalue weighted by atomic mass is 9.66. The van der Waals surface area contributed by atoms with Gasteiger partial charge in [-0.2, -0.15) is 26.3 Å². The molecule has 2 amide bonds. The topological polar surface area (TPSA) is 46.2 Å². The van der Waals surface area contributed by atoms with Gasteiger partial charge < -0.3 is 0 Å². The summed E-state index contributed by atoms with van der Waals surface area (Å²) in [5, 5.41) is 1.09. The highest BCUT2D eigenvalue weighted by molar-refractivity contribution is 6.10. The summed E-state index contributed by atoms with van der Waals surface area (Å²) in [4.78, 5) is 22.1. The van der Waals surface area contributed by atoms with Crippen LogP contribution in [0.2, 0.25) is 0 Å². The van der Waals surface area contributed by atoms with Crippen molar-refractivity contribution in [2.75, 3.05) is 0 Å². The fourth-order valence-electron chi connectivity index (χ4n) is 1.63. The molecule has 1 saturated heterocycles. The van der Waals surface area contributed by atoms with Crippen molar-refractivity contribution < 1.29 is 35.9 Å². The SMILES string of the molecule is CC1(C(F)(F)F)C(=O)NC(=O)C1(C)C(F)(F)F. The van der Waals surface area contributed by atoms with Crippen LogP contribution in [0.5, 0.6) is 0 Å². The van der Waals surface area contributed by atoms with Crippen LogP contribution < -0.4 is 5.32 Å². The van der Waals surface area contributed by atoms with Crippen molar-refractivity contribution in [3.63, 3.8) is 0 Å². The molecule has 1 rings (SSSR count). The maximum atomic E-state index is 12.7. The summed E-state index contributed by atoms with van der Waals surface area (Å²) in [6, 6.07) is 0. The average molecular weight is 263 g/mol. The van der Waals surface area contributed by atoms with Gasteiger partial charge in [0.05, 0.1) is 0 Å². The fourth-order valence-corrected chi connectivity index (χ4v) is 1.63. The molecule has 0 bridgehead atoms. The second kappa shape index (κ2) is 3.14. The van der Waals surface area contributed by atoms with E-state index in [9.17, 15) is 35.9 Å². The Morgan fingerprint density at radius 1 is 0.824 bits per heavy atom. The minimum atomic E-state index is -5.49. The van der Waals surface area contributed by atoms with E-state index >= 15 is 0 Å². The predicted molar refractivity (Wildman–Crippen MR) is 41.5 cm³/mol. The van der Waals surface area contributed by atoms with E-state index in [0.717, 1.165) is 5.32 Å². The molecule has 17 heavy (non-hydrogen) atoms. The van der Waals surface area contributed by atoms with Gasteiger partial charge in [-0.05, 0) is 13.8 Å². The molecule has 1 fully saturated rings. The van der Waals surface area contributed by atoms with E-state index in [2.05, 4.69) is 0 Å². The van der Waals surface area contributed by atoms with Gasteiger partial charge in [0.15, 0.2) is 10.8 Å². The number of carbonyl (C=O) groups is 2. The third-order valence-corrected chi connectivity index (χ3v) is 3.27. The molecule has 9 heteroatoms. The Hall–Kier alpha value is -1.28. The second-order valence-corrected chi connectivity index (χ2v) is 4.03. The van der Waals surface area contributed by atoms with Crippen LogP contribution in [0.3, 0.4) is 0 Å². The minimum absolute atomic E-state index is 0.0702. The van der Waals surface area contributed by atoms with Crippen molar-refractivity contribution in [3.8, 4) is 0 Å². The molecule has 0 spiro atoms. The van der Waals surface area contributed by atoms with Gasteiger partial charge in [-0.15, -0.1) is 0 Å². The van der Waals surface area contributed by atoms with Gasteiger partial charge in [0, 0.05) is 0 Å². The molecule has 2 unspecified atom stereocenters. The number of halogens is 6. The lowest BCUT2D eigenvalue weighted by Crippen LogP contribution is -2.57. The highest BCUT2D eigenvalue weighted by atomic mass is 19.4. The van der Waals surface area contributed by atoms with Crippen molar-refractivity contribution in [2.24, 2.45) is 10.8 Å². The summed E-state index contributed by atoms with van der Waals surface area (Å²) in [7, 11) is 0. The maximum Gasteiger partial charge on any atom is 0.404 e. The van der Waals surface area contributed by atoms with Crippen molar-refractivity contribution in [3.05, 3.63) is 0 Å². The van der Waals surface area contributed by atoms with E-state index in [1.807, 2.05) is 0 Å². The van der Waals surface area contributed by atoms with Gasteiger partial charge in [-0.1, -0.05) is 0 Å². The lowest BCUT2D eigenvalue weighted by Gasteiger charge is -2.38. The summed E-state index contributed by atoms with van der Waals surface area (Å²) in [5.74, 6) is -3.98. The monoisotopic (exact) mass is 263 g/mol. The van der Waals surface area contributed by atoms with Gasteiger partial charge in [0.2, 0.25) is 11.8 Å². The normalized spacial score (nSPS) is 35.1. The Morgan fingerprint density at radius 3 is 1.24 bits per heavy atom. The molecule has 0 saturated carbocycles. The van der Waals surface area contributed by atoms with Gasteiger partial charge in [0.25, 0.3) is 0 Å². The highest BCUT2D eigenvalue weighted by Gasteiger charge is 2.81. The first-order valence-electron chi connectivity index (χ1n) is 4.29. The van der Waals surface area contributed by atoms with E-state index in [-0.39, 0.29) is 13.8 Å². The first kappa shape index (κ1) is 13.8. The molecule has 0 aromatic rings. The predicted octanol–water partition coefficient (Wildman–Crippen LogP) is 1.78. The molecule has 3 nitrogen and oxygen atoms in total. The first-order valence-corrected chi connectivity index (χ1v) is 4.29. The largest absolute Gasteiger partial charge is 0.404 e. The quantitative estimate of drug-likeness (QED) is 0.535. The summed E-state index contributed by atoms with van der Waals surface area (Å²) in [5.41, 5.74) is -7.65. The zero-order valence-corrected chi connectivity index (χ0v) is 8.58. The van der Waals surface area contributed by atoms with Crippen molar-refractivity contribution in [1.29, 1.82) is 0 Å². The Morgan fingerprint density at radius 2 is 1.06 bits per heavy atom. The van der Waals surface area contributed by atoms with E-state index in [0.29, 0.717) is 0 Å². The molecule has 1 heterocycles. The van der Waals surface area contributed by atoms with E-state index < -0.39 is 35.0 Å². The summed E-state index contributed by atoms with van der Waals surface area (Å²) in [6.45, 7) is 0.140. The van der Waals surface area contributed by atoms with Gasteiger partial charge in [-0.3, -0.25) is 14.9 Å². The van der Waals surface area contributed by atoms with Crippen LogP contribution in [-0.2, 0) is 9.59 Å². The van der Waals surface area contributed by atoms with Crippen molar-refractivity contribution in [2.45, 2.75) is 26.2 Å². The highest BCUT2D eigenvalue weighted by Crippen LogP contribution is 2.60. The molecule has 0 aliphatic carbocycles. The third kappa shape index (κ3) is 1.37. The number of carbonyl (C=O) groups excluding carboxylic acids is 2. The van der Waals surface area contributed by atoms with Crippen LogP contribution in [0.1, 0.15) is 13.8 Å². The molecule has 0 radical (unpaired) electrons. The zero-order valence-electron chi connectivity index (χ0n) is 8.58. The molecule has 1 aliphatic rings. The van der Waals surface area contributed by atoms with Crippen LogP contribution in [0.4, 0.5) is 26.3 Å². The van der Waals surface area contributed by atoms with Gasteiger partial charge >= 0.3 is 12.4 Å². The Labute approximate surface area is 91.2 Å². The van der Waals surface area contributed by atoms with Crippen LogP contribution >= 0.6 is 0 Å². The molecule has 98 valence electrons. The Kier molecular flexibility index (Phi) is 2.54. The molecule has 1 N–H and O–H groups in total. The summed E-state index contributed by atoms with van der Waals surface area (Å²) in [6.07, 6.45) is -11.0. The third-order valence-electron chi connectivity index (χ3n) is 3.27. The van der Waals surface area contributed by atoms with E-state index in [4.69, 9.17) is 0 Å². The number of amides is 2. The average Bonchev–Trinajstić information content (AvgIpc) is 2.26. The Balaban J connectivity index is 3.57. The maximum absolute atomic E-state index is 12.7. The molecule has 0 aromatic heterocycles. The van der Waals surface area contributed by atoms with E-state index in [1.165, 1.54) is 0 Å². The molecule has 1 aliphatic heterocycles. The molecule has 2 atom stereocenters. The van der Waals surface area contributed by atoms with Gasteiger partial charge in [-0.25, -0.2) is 0 Å². The number of alkyl halides is 6. The number of nitrogens with one attached hydrogen (secondary N) is 1. The fraction of sp³-hybridized carbons (Fsp3) is 0.750. The zero-order chi connectivity index (χ0) is 13.9. The Bertz CT molecular complexity index is 350. The molecule has 0 aromatic carbocycles. The number of rotatable bonds is 0. The van der Waals surface area contributed by atoms with Crippen LogP contribution in [0.15, 0.2) is 0 Å². The number of hydrogen-bond acceptors (Lipinski definition) is 2. The van der Waals surface area contributed by atoms with Crippen molar-refractivity contribution in [1.82, 2.24) is 5.32 Å². The van der Waals surface area contributed by atoms with Crippen molar-refractivity contribution >= 4 is 11.8 Å². The molecular weight excluding hydrogens is 256 g/mol.